The number of hydrogen-bond donors (Lipinski definition) is 1. The van der Waals surface area contributed by atoms with Gasteiger partial charge < -0.3 is 9.88 Å². The molecule has 19 heavy (non-hydrogen) atoms. The van der Waals surface area contributed by atoms with Crippen LogP contribution in [0.15, 0.2) is 6.07 Å². The number of ketones is 1. The van der Waals surface area contributed by atoms with E-state index in [4.69, 9.17) is 0 Å². The van der Waals surface area contributed by atoms with Crippen LogP contribution in [0.3, 0.4) is 0 Å². The van der Waals surface area contributed by atoms with E-state index in [1.54, 1.807) is 0 Å². The van der Waals surface area contributed by atoms with Gasteiger partial charge in [-0.25, -0.2) is 0 Å². The van der Waals surface area contributed by atoms with E-state index in [1.807, 2.05) is 36.4 Å². The standard InChI is InChI=1S/C14H21N3O2/c1-10-8-12(11(2)16(10)3)13(18)9-17-6-4-14(19)15-5-7-17/h8H,4-7,9H2,1-3H3,(H,15,19). The first-order valence-corrected chi connectivity index (χ1v) is 6.64. The molecular formula is C14H21N3O2. The van der Waals surface area contributed by atoms with Crippen molar-refractivity contribution in [2.24, 2.45) is 7.05 Å². The van der Waals surface area contributed by atoms with Gasteiger partial charge in [0.05, 0.1) is 6.54 Å². The topological polar surface area (TPSA) is 54.3 Å². The summed E-state index contributed by atoms with van der Waals surface area (Å²) in [5, 5.41) is 2.82. The van der Waals surface area contributed by atoms with Gasteiger partial charge in [0, 0.05) is 50.1 Å². The molecule has 0 unspecified atom stereocenters. The van der Waals surface area contributed by atoms with E-state index in [2.05, 4.69) is 5.32 Å². The molecule has 1 saturated heterocycles. The van der Waals surface area contributed by atoms with Crippen LogP contribution >= 0.6 is 0 Å². The van der Waals surface area contributed by atoms with Crippen molar-refractivity contribution in [1.29, 1.82) is 0 Å². The molecular weight excluding hydrogens is 242 g/mol. The van der Waals surface area contributed by atoms with Gasteiger partial charge in [-0.2, -0.15) is 0 Å². The maximum Gasteiger partial charge on any atom is 0.221 e. The Labute approximate surface area is 113 Å². The van der Waals surface area contributed by atoms with E-state index in [9.17, 15) is 9.59 Å². The van der Waals surface area contributed by atoms with Gasteiger partial charge in [-0.15, -0.1) is 0 Å². The van der Waals surface area contributed by atoms with Crippen LogP contribution in [0.2, 0.25) is 0 Å². The van der Waals surface area contributed by atoms with Crippen molar-refractivity contribution in [3.63, 3.8) is 0 Å². The molecule has 2 rings (SSSR count). The Morgan fingerprint density at radius 1 is 1.37 bits per heavy atom. The molecule has 104 valence electrons. The number of aromatic nitrogens is 1. The molecule has 0 atom stereocenters. The predicted molar refractivity (Wildman–Crippen MR) is 73.3 cm³/mol. The van der Waals surface area contributed by atoms with Crippen molar-refractivity contribution in [3.8, 4) is 0 Å². The normalized spacial score (nSPS) is 17.1. The fourth-order valence-corrected chi connectivity index (χ4v) is 2.40. The minimum Gasteiger partial charge on any atom is -0.355 e. The quantitative estimate of drug-likeness (QED) is 0.815. The number of Topliss-reactive ketones (excluding diaryl/α,β-unsaturated/α-hetero) is 1. The van der Waals surface area contributed by atoms with Crippen LogP contribution in [-0.2, 0) is 11.8 Å². The third kappa shape index (κ3) is 3.04. The van der Waals surface area contributed by atoms with Crippen molar-refractivity contribution in [1.82, 2.24) is 14.8 Å². The Bertz CT molecular complexity index is 505. The van der Waals surface area contributed by atoms with Crippen LogP contribution in [0.5, 0.6) is 0 Å². The van der Waals surface area contributed by atoms with Gasteiger partial charge in [-0.3, -0.25) is 14.5 Å². The molecule has 0 aromatic carbocycles. The number of amides is 1. The fourth-order valence-electron chi connectivity index (χ4n) is 2.40. The summed E-state index contributed by atoms with van der Waals surface area (Å²) in [5.74, 6) is 0.206. The molecule has 0 aliphatic carbocycles. The molecule has 5 nitrogen and oxygen atoms in total. The lowest BCUT2D eigenvalue weighted by Gasteiger charge is -2.17. The van der Waals surface area contributed by atoms with Crippen LogP contribution < -0.4 is 5.32 Å². The van der Waals surface area contributed by atoms with E-state index in [1.165, 1.54) is 0 Å². The molecule has 1 aliphatic heterocycles. The Hall–Kier alpha value is -1.62. The highest BCUT2D eigenvalue weighted by Crippen LogP contribution is 2.14. The van der Waals surface area contributed by atoms with Crippen molar-refractivity contribution in [2.45, 2.75) is 20.3 Å². The van der Waals surface area contributed by atoms with Crippen molar-refractivity contribution < 1.29 is 9.59 Å². The summed E-state index contributed by atoms with van der Waals surface area (Å²) in [6.45, 7) is 6.37. The number of aryl methyl sites for hydroxylation is 1. The molecule has 1 fully saturated rings. The maximum absolute atomic E-state index is 12.3. The summed E-state index contributed by atoms with van der Waals surface area (Å²) < 4.78 is 2.03. The number of carbonyl (C=O) groups excluding carboxylic acids is 2. The van der Waals surface area contributed by atoms with E-state index in [-0.39, 0.29) is 11.7 Å². The highest BCUT2D eigenvalue weighted by Gasteiger charge is 2.19. The highest BCUT2D eigenvalue weighted by atomic mass is 16.1. The average molecular weight is 263 g/mol. The Balaban J connectivity index is 2.04. The van der Waals surface area contributed by atoms with Gasteiger partial charge >= 0.3 is 0 Å². The summed E-state index contributed by atoms with van der Waals surface area (Å²) in [6, 6.07) is 1.94. The average Bonchev–Trinajstić information content (AvgIpc) is 2.56. The minimum absolute atomic E-state index is 0.0710. The second-order valence-electron chi connectivity index (χ2n) is 5.14. The molecule has 1 amide bonds. The molecule has 1 N–H and O–H groups in total. The van der Waals surface area contributed by atoms with E-state index in [0.29, 0.717) is 26.1 Å². The number of nitrogens with zero attached hydrogens (tertiary/aromatic N) is 2. The number of hydrogen-bond acceptors (Lipinski definition) is 3. The molecule has 1 aliphatic rings. The van der Waals surface area contributed by atoms with Gasteiger partial charge in [0.25, 0.3) is 0 Å². The Morgan fingerprint density at radius 3 is 2.74 bits per heavy atom. The van der Waals surface area contributed by atoms with Crippen LogP contribution in [0.4, 0.5) is 0 Å². The number of rotatable bonds is 3. The molecule has 2 heterocycles. The first-order valence-electron chi connectivity index (χ1n) is 6.64. The molecule has 1 aromatic heterocycles. The lowest BCUT2D eigenvalue weighted by atomic mass is 10.1. The second-order valence-corrected chi connectivity index (χ2v) is 5.14. The molecule has 5 heteroatoms. The minimum atomic E-state index is 0.0710. The summed E-state index contributed by atoms with van der Waals surface area (Å²) in [5.41, 5.74) is 2.89. The SMILES string of the molecule is Cc1cc(C(=O)CN2CCNC(=O)CC2)c(C)n1C. The largest absolute Gasteiger partial charge is 0.355 e. The number of carbonyl (C=O) groups is 2. The zero-order chi connectivity index (χ0) is 14.0. The lowest BCUT2D eigenvalue weighted by molar-refractivity contribution is -0.120. The first-order chi connectivity index (χ1) is 8.99. The summed E-state index contributed by atoms with van der Waals surface area (Å²) in [4.78, 5) is 25.6. The van der Waals surface area contributed by atoms with Crippen molar-refractivity contribution >= 4 is 11.7 Å². The zero-order valence-corrected chi connectivity index (χ0v) is 11.8. The smallest absolute Gasteiger partial charge is 0.221 e. The van der Waals surface area contributed by atoms with Crippen molar-refractivity contribution in [3.05, 3.63) is 23.0 Å². The Morgan fingerprint density at radius 2 is 2.11 bits per heavy atom. The lowest BCUT2D eigenvalue weighted by Crippen LogP contribution is -2.33. The van der Waals surface area contributed by atoms with Gasteiger partial charge in [0.2, 0.25) is 5.91 Å². The van der Waals surface area contributed by atoms with Gasteiger partial charge in [0.1, 0.15) is 0 Å². The van der Waals surface area contributed by atoms with Gasteiger partial charge in [-0.1, -0.05) is 0 Å². The van der Waals surface area contributed by atoms with E-state index in [0.717, 1.165) is 23.5 Å². The predicted octanol–water partition coefficient (Wildman–Crippen LogP) is 0.647. The summed E-state index contributed by atoms with van der Waals surface area (Å²) in [7, 11) is 1.97. The molecule has 0 spiro atoms. The van der Waals surface area contributed by atoms with Crippen molar-refractivity contribution in [2.75, 3.05) is 26.2 Å². The monoisotopic (exact) mass is 263 g/mol. The molecule has 0 saturated carbocycles. The Kier molecular flexibility index (Phi) is 4.04. The molecule has 1 aromatic rings. The zero-order valence-electron chi connectivity index (χ0n) is 11.8. The first kappa shape index (κ1) is 13.8. The van der Waals surface area contributed by atoms with Gasteiger partial charge in [0.15, 0.2) is 5.78 Å². The van der Waals surface area contributed by atoms with E-state index < -0.39 is 0 Å². The van der Waals surface area contributed by atoms with Crippen LogP contribution in [0, 0.1) is 13.8 Å². The highest BCUT2D eigenvalue weighted by molar-refractivity contribution is 5.99. The fraction of sp³-hybridized carbons (Fsp3) is 0.571. The molecule has 0 radical (unpaired) electrons. The second kappa shape index (κ2) is 5.57. The van der Waals surface area contributed by atoms with Gasteiger partial charge in [-0.05, 0) is 19.9 Å². The van der Waals surface area contributed by atoms with Crippen LogP contribution in [0.1, 0.15) is 28.2 Å². The van der Waals surface area contributed by atoms with Crippen LogP contribution in [-0.4, -0.2) is 47.3 Å². The van der Waals surface area contributed by atoms with E-state index >= 15 is 0 Å². The maximum atomic E-state index is 12.3. The third-order valence-corrected chi connectivity index (χ3v) is 3.85. The summed E-state index contributed by atoms with van der Waals surface area (Å²) in [6.07, 6.45) is 0.472. The number of nitrogens with one attached hydrogen (secondary N) is 1. The molecule has 0 bridgehead atoms. The van der Waals surface area contributed by atoms with Crippen LogP contribution in [0.25, 0.3) is 0 Å². The third-order valence-electron chi connectivity index (χ3n) is 3.85. The summed E-state index contributed by atoms with van der Waals surface area (Å²) >= 11 is 0.